The topological polar surface area (TPSA) is 77.3 Å². The summed E-state index contributed by atoms with van der Waals surface area (Å²) in [7, 11) is 1.67. The first-order valence-corrected chi connectivity index (χ1v) is 7.74. The molecule has 1 aliphatic heterocycles. The normalized spacial score (nSPS) is 29.8. The Morgan fingerprint density at radius 2 is 2.18 bits per heavy atom. The number of carboxylic acids is 1. The van der Waals surface area contributed by atoms with Gasteiger partial charge in [-0.15, -0.1) is 0 Å². The molecule has 0 spiro atoms. The van der Waals surface area contributed by atoms with E-state index < -0.39 is 5.97 Å². The van der Waals surface area contributed by atoms with Gasteiger partial charge in [-0.1, -0.05) is 25.8 Å². The largest absolute Gasteiger partial charge is 0.478 e. The Morgan fingerprint density at radius 1 is 1.45 bits per heavy atom. The van der Waals surface area contributed by atoms with Crippen LogP contribution in [-0.4, -0.2) is 41.2 Å². The van der Waals surface area contributed by atoms with Crippen molar-refractivity contribution in [3.63, 3.8) is 0 Å². The maximum atomic E-state index is 11.5. The zero-order chi connectivity index (χ0) is 16.1. The molecule has 0 aromatic rings. The Labute approximate surface area is 131 Å². The van der Waals surface area contributed by atoms with E-state index in [4.69, 9.17) is 4.99 Å². The van der Waals surface area contributed by atoms with E-state index in [-0.39, 0.29) is 11.6 Å². The Balaban J connectivity index is 2.42. The lowest BCUT2D eigenvalue weighted by molar-refractivity contribution is -0.132. The van der Waals surface area contributed by atoms with E-state index in [1.165, 1.54) is 12.6 Å². The van der Waals surface area contributed by atoms with Gasteiger partial charge in [0.2, 0.25) is 0 Å². The Bertz CT molecular complexity index is 548. The number of nitrogens with one attached hydrogen (secondary N) is 1. The van der Waals surface area contributed by atoms with Crippen molar-refractivity contribution in [1.82, 2.24) is 10.4 Å². The van der Waals surface area contributed by atoms with E-state index in [9.17, 15) is 9.90 Å². The van der Waals surface area contributed by atoms with Crippen molar-refractivity contribution in [2.24, 2.45) is 15.9 Å². The summed E-state index contributed by atoms with van der Waals surface area (Å²) in [4.78, 5) is 20.4. The molecule has 1 aliphatic carbocycles. The van der Waals surface area contributed by atoms with Crippen molar-refractivity contribution < 1.29 is 9.90 Å². The van der Waals surface area contributed by atoms with Crippen LogP contribution in [0.3, 0.4) is 0 Å². The van der Waals surface area contributed by atoms with Gasteiger partial charge in [0, 0.05) is 13.2 Å². The predicted octanol–water partition coefficient (Wildman–Crippen LogP) is 2.36. The van der Waals surface area contributed by atoms with Gasteiger partial charge >= 0.3 is 5.97 Å². The number of hydrogen-bond acceptors (Lipinski definition) is 4. The van der Waals surface area contributed by atoms with Gasteiger partial charge in [-0.2, -0.15) is 0 Å². The number of aliphatic imine (C=N–C) groups is 2. The molecule has 120 valence electrons. The molecule has 22 heavy (non-hydrogen) atoms. The molecule has 2 rings (SSSR count). The molecule has 0 saturated heterocycles. The zero-order valence-corrected chi connectivity index (χ0v) is 13.4. The average molecular weight is 304 g/mol. The van der Waals surface area contributed by atoms with Gasteiger partial charge in [0.15, 0.2) is 0 Å². The predicted molar refractivity (Wildman–Crippen MR) is 87.7 cm³/mol. The number of hydrazine groups is 1. The van der Waals surface area contributed by atoms with E-state index in [1.807, 2.05) is 13.0 Å². The maximum Gasteiger partial charge on any atom is 0.339 e. The van der Waals surface area contributed by atoms with Crippen molar-refractivity contribution in [1.29, 1.82) is 0 Å². The van der Waals surface area contributed by atoms with Crippen LogP contribution in [0, 0.1) is 5.92 Å². The fourth-order valence-corrected chi connectivity index (χ4v) is 2.96. The van der Waals surface area contributed by atoms with Crippen LogP contribution in [0.4, 0.5) is 0 Å². The molecule has 2 atom stereocenters. The molecule has 0 bridgehead atoms. The lowest BCUT2D eigenvalue weighted by Crippen LogP contribution is -2.42. The van der Waals surface area contributed by atoms with Gasteiger partial charge < -0.3 is 5.11 Å². The fourth-order valence-electron chi connectivity index (χ4n) is 2.96. The number of allylic oxidation sites excluding steroid dienone is 2. The molecular formula is C16H24N4O2. The second-order valence-corrected chi connectivity index (χ2v) is 5.72. The van der Waals surface area contributed by atoms with Gasteiger partial charge in [0.1, 0.15) is 11.9 Å². The van der Waals surface area contributed by atoms with Crippen LogP contribution in [-0.2, 0) is 4.79 Å². The highest BCUT2D eigenvalue weighted by atomic mass is 16.4. The van der Waals surface area contributed by atoms with Crippen LogP contribution >= 0.6 is 0 Å². The smallest absolute Gasteiger partial charge is 0.339 e. The van der Waals surface area contributed by atoms with Crippen molar-refractivity contribution in [2.75, 3.05) is 7.05 Å². The molecule has 2 N–H and O–H groups in total. The van der Waals surface area contributed by atoms with Crippen LogP contribution in [0.1, 0.15) is 39.5 Å². The van der Waals surface area contributed by atoms with Crippen LogP contribution < -0.4 is 5.43 Å². The lowest BCUT2D eigenvalue weighted by atomic mass is 9.86. The summed E-state index contributed by atoms with van der Waals surface area (Å²) in [5, 5.41) is 11.2. The number of aliphatic carboxylic acids is 1. The van der Waals surface area contributed by atoms with E-state index >= 15 is 0 Å². The van der Waals surface area contributed by atoms with E-state index in [0.29, 0.717) is 11.6 Å². The zero-order valence-electron chi connectivity index (χ0n) is 13.4. The van der Waals surface area contributed by atoms with Gasteiger partial charge in [0.05, 0.1) is 17.5 Å². The summed E-state index contributed by atoms with van der Waals surface area (Å²) in [6.07, 6.45) is 9.50. The first-order valence-electron chi connectivity index (χ1n) is 7.74. The monoisotopic (exact) mass is 304 g/mol. The van der Waals surface area contributed by atoms with Gasteiger partial charge in [0.25, 0.3) is 0 Å². The van der Waals surface area contributed by atoms with E-state index in [0.717, 1.165) is 25.0 Å². The minimum Gasteiger partial charge on any atom is -0.478 e. The second kappa shape index (κ2) is 7.24. The maximum absolute atomic E-state index is 11.5. The molecule has 1 saturated carbocycles. The Morgan fingerprint density at radius 3 is 2.77 bits per heavy atom. The minimum atomic E-state index is -0.970. The number of carboxylic acid groups (broad SMARTS) is 1. The third-order valence-corrected chi connectivity index (χ3v) is 4.20. The van der Waals surface area contributed by atoms with Crippen molar-refractivity contribution in [3.05, 3.63) is 23.5 Å². The summed E-state index contributed by atoms with van der Waals surface area (Å²) in [6, 6.07) is 0.181. The van der Waals surface area contributed by atoms with Crippen LogP contribution in [0.15, 0.2) is 33.5 Å². The third-order valence-electron chi connectivity index (χ3n) is 4.20. The highest BCUT2D eigenvalue weighted by molar-refractivity contribution is 6.26. The quantitative estimate of drug-likeness (QED) is 0.620. The molecule has 6 heteroatoms. The lowest BCUT2D eigenvalue weighted by Gasteiger charge is -2.31. The summed E-state index contributed by atoms with van der Waals surface area (Å²) in [5.74, 6) is -0.486. The molecule has 6 nitrogen and oxygen atoms in total. The molecule has 0 radical (unpaired) electrons. The molecule has 2 unspecified atom stereocenters. The summed E-state index contributed by atoms with van der Waals surface area (Å²) in [5.41, 5.74) is 4.38. The highest BCUT2D eigenvalue weighted by Gasteiger charge is 2.29. The van der Waals surface area contributed by atoms with Gasteiger partial charge in [-0.25, -0.2) is 9.80 Å². The molecule has 0 aromatic heterocycles. The molecule has 1 heterocycles. The molecule has 0 aromatic carbocycles. The minimum absolute atomic E-state index is 0.181. The van der Waals surface area contributed by atoms with Crippen molar-refractivity contribution >= 4 is 18.0 Å². The molecular weight excluding hydrogens is 280 g/mol. The standard InChI is InChI=1S/C16H24N4O2/c1-4-14-15(19-13-8-6-5-7-11(13)2)12(16(21)22)9-18-20(14)10-17-3/h4,9-11,13,18H,5-8H2,1-3H3,(H,21,22). The number of rotatable bonds is 3. The Hall–Kier alpha value is -2.11. The second-order valence-electron chi connectivity index (χ2n) is 5.72. The van der Waals surface area contributed by atoms with Crippen molar-refractivity contribution in [2.45, 2.75) is 45.6 Å². The van der Waals surface area contributed by atoms with Crippen LogP contribution in [0.2, 0.25) is 0 Å². The number of hydrogen-bond donors (Lipinski definition) is 2. The third kappa shape index (κ3) is 3.37. The molecule has 1 fully saturated rings. The van der Waals surface area contributed by atoms with Crippen LogP contribution in [0.25, 0.3) is 0 Å². The SMILES string of the molecule is CC=C1C(=NC2CCCCC2C)C(C(=O)O)=CNN1C=NC. The van der Waals surface area contributed by atoms with Crippen LogP contribution in [0.5, 0.6) is 0 Å². The first-order chi connectivity index (χ1) is 10.6. The number of carbonyl (C=O) groups is 1. The summed E-state index contributed by atoms with van der Waals surface area (Å²) >= 11 is 0. The fraction of sp³-hybridized carbons (Fsp3) is 0.562. The highest BCUT2D eigenvalue weighted by Crippen LogP contribution is 2.28. The number of nitrogens with zero attached hydrogens (tertiary/aromatic N) is 3. The summed E-state index contributed by atoms with van der Waals surface area (Å²) < 4.78 is 0. The van der Waals surface area contributed by atoms with E-state index in [1.54, 1.807) is 18.4 Å². The molecule has 2 aliphatic rings. The molecule has 0 amide bonds. The average Bonchev–Trinajstić information content (AvgIpc) is 2.50. The van der Waals surface area contributed by atoms with Gasteiger partial charge in [-0.05, 0) is 25.7 Å². The van der Waals surface area contributed by atoms with E-state index in [2.05, 4.69) is 17.3 Å². The van der Waals surface area contributed by atoms with Gasteiger partial charge in [-0.3, -0.25) is 15.4 Å². The summed E-state index contributed by atoms with van der Waals surface area (Å²) in [6.45, 7) is 4.07. The first kappa shape index (κ1) is 16.3. The Kier molecular flexibility index (Phi) is 5.35. The van der Waals surface area contributed by atoms with Crippen molar-refractivity contribution in [3.8, 4) is 0 Å².